The standard InChI is InChI=1S/C13H15N5O/c19-13-16-6-8-18(13)10-9-17-7-5-15-12(17)11-1-3-14-4-2-11/h1-5,7H,6,8-10H2,(H,16,19). The number of hydrogen-bond acceptors (Lipinski definition) is 3. The third-order valence-electron chi connectivity index (χ3n) is 3.21. The normalized spacial score (nSPS) is 14.7. The van der Waals surface area contributed by atoms with Crippen LogP contribution >= 0.6 is 0 Å². The van der Waals surface area contributed by atoms with Crippen LogP contribution in [0, 0.1) is 0 Å². The Morgan fingerprint density at radius 2 is 2.05 bits per heavy atom. The van der Waals surface area contributed by atoms with Crippen molar-refractivity contribution in [2.45, 2.75) is 6.54 Å². The van der Waals surface area contributed by atoms with Crippen LogP contribution in [0.4, 0.5) is 4.79 Å². The van der Waals surface area contributed by atoms with Crippen LogP contribution in [-0.2, 0) is 6.54 Å². The molecule has 1 aliphatic rings. The number of urea groups is 1. The summed E-state index contributed by atoms with van der Waals surface area (Å²) in [6.45, 7) is 2.95. The largest absolute Gasteiger partial charge is 0.336 e. The maximum Gasteiger partial charge on any atom is 0.317 e. The van der Waals surface area contributed by atoms with Gasteiger partial charge in [-0.1, -0.05) is 0 Å². The number of pyridine rings is 1. The van der Waals surface area contributed by atoms with Gasteiger partial charge in [-0.15, -0.1) is 0 Å². The van der Waals surface area contributed by atoms with Gasteiger partial charge in [0.2, 0.25) is 0 Å². The van der Waals surface area contributed by atoms with E-state index in [0.29, 0.717) is 6.54 Å². The number of aromatic nitrogens is 3. The highest BCUT2D eigenvalue weighted by Gasteiger charge is 2.19. The zero-order valence-corrected chi connectivity index (χ0v) is 10.5. The molecule has 0 bridgehead atoms. The third-order valence-corrected chi connectivity index (χ3v) is 3.21. The molecular formula is C13H15N5O. The van der Waals surface area contributed by atoms with Crippen molar-refractivity contribution in [2.75, 3.05) is 19.6 Å². The van der Waals surface area contributed by atoms with E-state index in [-0.39, 0.29) is 6.03 Å². The molecule has 3 rings (SSSR count). The molecule has 0 radical (unpaired) electrons. The fraction of sp³-hybridized carbons (Fsp3) is 0.308. The van der Waals surface area contributed by atoms with E-state index in [2.05, 4.69) is 19.9 Å². The molecule has 1 fully saturated rings. The molecule has 1 aliphatic heterocycles. The van der Waals surface area contributed by atoms with Crippen molar-refractivity contribution in [3.05, 3.63) is 36.9 Å². The van der Waals surface area contributed by atoms with E-state index in [1.807, 2.05) is 23.2 Å². The lowest BCUT2D eigenvalue weighted by Crippen LogP contribution is -2.31. The van der Waals surface area contributed by atoms with Crippen molar-refractivity contribution in [3.63, 3.8) is 0 Å². The van der Waals surface area contributed by atoms with Gasteiger partial charge in [-0.25, -0.2) is 9.78 Å². The monoisotopic (exact) mass is 257 g/mol. The Kier molecular flexibility index (Phi) is 3.14. The van der Waals surface area contributed by atoms with Gasteiger partial charge < -0.3 is 14.8 Å². The Morgan fingerprint density at radius 1 is 1.21 bits per heavy atom. The minimum atomic E-state index is 0.0191. The van der Waals surface area contributed by atoms with Crippen molar-refractivity contribution in [1.29, 1.82) is 0 Å². The molecule has 0 spiro atoms. The number of carbonyl (C=O) groups excluding carboxylic acids is 1. The number of hydrogen-bond donors (Lipinski definition) is 1. The van der Waals surface area contributed by atoms with Gasteiger partial charge in [-0.3, -0.25) is 4.98 Å². The lowest BCUT2D eigenvalue weighted by Gasteiger charge is -2.15. The van der Waals surface area contributed by atoms with Crippen LogP contribution in [0.5, 0.6) is 0 Å². The second kappa shape index (κ2) is 5.09. The highest BCUT2D eigenvalue weighted by Crippen LogP contribution is 2.16. The zero-order valence-electron chi connectivity index (χ0n) is 10.5. The van der Waals surface area contributed by atoms with Crippen molar-refractivity contribution in [2.24, 2.45) is 0 Å². The molecule has 3 heterocycles. The van der Waals surface area contributed by atoms with Gasteiger partial charge in [0.15, 0.2) is 0 Å². The van der Waals surface area contributed by atoms with Gasteiger partial charge in [0.05, 0.1) is 0 Å². The van der Waals surface area contributed by atoms with Gasteiger partial charge in [-0.05, 0) is 12.1 Å². The molecule has 0 atom stereocenters. The molecule has 6 nitrogen and oxygen atoms in total. The maximum absolute atomic E-state index is 11.5. The third kappa shape index (κ3) is 2.42. The predicted octanol–water partition coefficient (Wildman–Crippen LogP) is 0.970. The molecular weight excluding hydrogens is 242 g/mol. The summed E-state index contributed by atoms with van der Waals surface area (Å²) in [6, 6.07) is 3.88. The number of imidazole rings is 1. The molecule has 0 saturated carbocycles. The second-order valence-corrected chi connectivity index (χ2v) is 4.40. The van der Waals surface area contributed by atoms with Crippen molar-refractivity contribution in [3.8, 4) is 11.4 Å². The molecule has 2 amide bonds. The van der Waals surface area contributed by atoms with E-state index in [9.17, 15) is 4.79 Å². The molecule has 98 valence electrons. The molecule has 0 aliphatic carbocycles. The average Bonchev–Trinajstić information content (AvgIpc) is 3.06. The first-order valence-electron chi connectivity index (χ1n) is 6.29. The van der Waals surface area contributed by atoms with E-state index in [1.165, 1.54) is 0 Å². The molecule has 0 aromatic carbocycles. The van der Waals surface area contributed by atoms with Crippen LogP contribution < -0.4 is 5.32 Å². The van der Waals surface area contributed by atoms with Gasteiger partial charge in [0, 0.05) is 56.5 Å². The van der Waals surface area contributed by atoms with Crippen LogP contribution in [0.15, 0.2) is 36.9 Å². The minimum absolute atomic E-state index is 0.0191. The highest BCUT2D eigenvalue weighted by molar-refractivity contribution is 5.76. The quantitative estimate of drug-likeness (QED) is 0.887. The smallest absolute Gasteiger partial charge is 0.317 e. The average molecular weight is 257 g/mol. The van der Waals surface area contributed by atoms with E-state index < -0.39 is 0 Å². The van der Waals surface area contributed by atoms with Crippen molar-refractivity contribution >= 4 is 6.03 Å². The Morgan fingerprint density at radius 3 is 2.79 bits per heavy atom. The summed E-state index contributed by atoms with van der Waals surface area (Å²) in [6.07, 6.45) is 7.22. The van der Waals surface area contributed by atoms with Crippen LogP contribution in [-0.4, -0.2) is 45.1 Å². The number of amides is 2. The topological polar surface area (TPSA) is 63.1 Å². The number of carbonyl (C=O) groups is 1. The first-order chi connectivity index (χ1) is 9.34. The van der Waals surface area contributed by atoms with E-state index in [0.717, 1.165) is 31.0 Å². The molecule has 6 heteroatoms. The second-order valence-electron chi connectivity index (χ2n) is 4.40. The van der Waals surface area contributed by atoms with E-state index in [4.69, 9.17) is 0 Å². The lowest BCUT2D eigenvalue weighted by atomic mass is 10.2. The summed E-state index contributed by atoms with van der Waals surface area (Å²) in [7, 11) is 0. The van der Waals surface area contributed by atoms with Gasteiger partial charge in [-0.2, -0.15) is 0 Å². The predicted molar refractivity (Wildman–Crippen MR) is 70.4 cm³/mol. The Bertz CT molecular complexity index is 565. The first-order valence-corrected chi connectivity index (χ1v) is 6.29. The lowest BCUT2D eigenvalue weighted by molar-refractivity contribution is 0.215. The number of nitrogens with one attached hydrogen (secondary N) is 1. The molecule has 1 N–H and O–H groups in total. The Balaban J connectivity index is 1.72. The van der Waals surface area contributed by atoms with E-state index >= 15 is 0 Å². The molecule has 19 heavy (non-hydrogen) atoms. The summed E-state index contributed by atoms with van der Waals surface area (Å²) in [5.74, 6) is 0.905. The van der Waals surface area contributed by atoms with E-state index in [1.54, 1.807) is 18.6 Å². The fourth-order valence-electron chi connectivity index (χ4n) is 2.20. The van der Waals surface area contributed by atoms with Gasteiger partial charge in [0.1, 0.15) is 5.82 Å². The van der Waals surface area contributed by atoms with Crippen LogP contribution in [0.1, 0.15) is 0 Å². The summed E-state index contributed by atoms with van der Waals surface area (Å²) >= 11 is 0. The summed E-state index contributed by atoms with van der Waals surface area (Å²) in [5, 5.41) is 2.80. The Labute approximate surface area is 111 Å². The zero-order chi connectivity index (χ0) is 13.1. The summed E-state index contributed by atoms with van der Waals surface area (Å²) < 4.78 is 2.06. The first kappa shape index (κ1) is 11.7. The van der Waals surface area contributed by atoms with Crippen LogP contribution in [0.3, 0.4) is 0 Å². The van der Waals surface area contributed by atoms with Crippen molar-refractivity contribution < 1.29 is 4.79 Å². The summed E-state index contributed by atoms with van der Waals surface area (Å²) in [5.41, 5.74) is 1.03. The SMILES string of the molecule is O=C1NCCN1CCn1ccnc1-c1ccncc1. The number of rotatable bonds is 4. The van der Waals surface area contributed by atoms with Gasteiger partial charge >= 0.3 is 6.03 Å². The summed E-state index contributed by atoms with van der Waals surface area (Å²) in [4.78, 5) is 21.7. The van der Waals surface area contributed by atoms with Crippen molar-refractivity contribution in [1.82, 2.24) is 24.8 Å². The number of nitrogens with zero attached hydrogens (tertiary/aromatic N) is 4. The van der Waals surface area contributed by atoms with Crippen LogP contribution in [0.25, 0.3) is 11.4 Å². The van der Waals surface area contributed by atoms with Crippen LogP contribution in [0.2, 0.25) is 0 Å². The highest BCUT2D eigenvalue weighted by atomic mass is 16.2. The minimum Gasteiger partial charge on any atom is -0.336 e. The molecule has 2 aromatic rings. The van der Waals surface area contributed by atoms with Gasteiger partial charge in [0.25, 0.3) is 0 Å². The molecule has 0 unspecified atom stereocenters. The maximum atomic E-state index is 11.5. The molecule has 2 aromatic heterocycles. The Hall–Kier alpha value is -2.37. The fourth-order valence-corrected chi connectivity index (χ4v) is 2.20. The molecule has 1 saturated heterocycles.